The van der Waals surface area contributed by atoms with Crippen LogP contribution in [0.4, 0.5) is 18.9 Å². The summed E-state index contributed by atoms with van der Waals surface area (Å²) in [7, 11) is -3.65. The number of allylic oxidation sites excluding steroid dienone is 4. The summed E-state index contributed by atoms with van der Waals surface area (Å²) in [5.41, 5.74) is 3.64. The number of benzene rings is 2. The molecule has 1 aromatic heterocycles. The molecule has 0 radical (unpaired) electrons. The predicted octanol–water partition coefficient (Wildman–Crippen LogP) is 8.37. The van der Waals surface area contributed by atoms with E-state index in [1.54, 1.807) is 30.3 Å². The first kappa shape index (κ1) is 33.6. The van der Waals surface area contributed by atoms with E-state index in [0.29, 0.717) is 58.2 Å². The fourth-order valence-corrected chi connectivity index (χ4v) is 7.80. The lowest BCUT2D eigenvalue weighted by molar-refractivity contribution is -0.0939. The first-order chi connectivity index (χ1) is 21.4. The maximum Gasteiger partial charge on any atom is 0.412 e. The molecular weight excluding hydrogens is 716 g/mol. The van der Waals surface area contributed by atoms with Crippen molar-refractivity contribution in [3.63, 3.8) is 0 Å². The van der Waals surface area contributed by atoms with Gasteiger partial charge in [0.25, 0.3) is 0 Å². The maximum absolute atomic E-state index is 13.6. The molecule has 1 aliphatic heterocycles. The van der Waals surface area contributed by atoms with Gasteiger partial charge in [0.1, 0.15) is 5.69 Å². The van der Waals surface area contributed by atoms with Gasteiger partial charge in [-0.05, 0) is 92.3 Å². The number of ketones is 1. The van der Waals surface area contributed by atoms with Crippen molar-refractivity contribution in [3.8, 4) is 0 Å². The van der Waals surface area contributed by atoms with Crippen molar-refractivity contribution < 1.29 is 31.1 Å². The fourth-order valence-electron chi connectivity index (χ4n) is 5.90. The number of anilines is 1. The first-order valence-corrected chi connectivity index (χ1v) is 18.2. The minimum Gasteiger partial charge on any atom is -0.371 e. The number of alkyl halides is 4. The molecule has 2 aliphatic rings. The maximum atomic E-state index is 13.6. The summed E-state index contributed by atoms with van der Waals surface area (Å²) in [5.74, 6) is -0.109. The SMILES string of the molecule is Cc1ccc(CC(CCC(=O)c2cc(N3CCCCS3(=O)=O)c3cc(C4=CCCC(C(F)(F)F)=C4)ccc3n2)COCI)cc1. The first-order valence-electron chi connectivity index (χ1n) is 15.1. The number of halogens is 4. The van der Waals surface area contributed by atoms with Crippen LogP contribution in [-0.2, 0) is 21.2 Å². The van der Waals surface area contributed by atoms with Crippen LogP contribution in [0.15, 0.2) is 66.3 Å². The van der Waals surface area contributed by atoms with Crippen molar-refractivity contribution in [2.75, 3.05) is 27.8 Å². The molecule has 0 spiro atoms. The van der Waals surface area contributed by atoms with Crippen LogP contribution in [0.2, 0.25) is 0 Å². The quantitative estimate of drug-likeness (QED) is 0.112. The fraction of sp³-hybridized carbons (Fsp3) is 0.412. The van der Waals surface area contributed by atoms with E-state index in [2.05, 4.69) is 51.8 Å². The molecule has 1 saturated heterocycles. The zero-order valence-corrected chi connectivity index (χ0v) is 28.1. The molecule has 2 heterocycles. The average Bonchev–Trinajstić information content (AvgIpc) is 3.02. The minimum absolute atomic E-state index is 0.0138. The standard InChI is InChI=1S/C34H36F3IN2O4S/c1-23-7-9-24(10-8-23)17-25(21-44-22-38)11-14-33(41)31-20-32(40-15-2-3-16-45(40,42)43)29-19-27(12-13-30(29)39-31)26-5-4-6-28(18-26)34(35,36)37/h5,7-10,12-13,18-20,25H,2-4,6,11,14-17,21-22H2,1H3. The van der Waals surface area contributed by atoms with Crippen molar-refractivity contribution in [2.24, 2.45) is 5.92 Å². The highest BCUT2D eigenvalue weighted by Crippen LogP contribution is 2.38. The monoisotopic (exact) mass is 752 g/mol. The van der Waals surface area contributed by atoms with Gasteiger partial charge in [-0.1, -0.05) is 64.6 Å². The van der Waals surface area contributed by atoms with Crippen LogP contribution in [0.25, 0.3) is 16.5 Å². The molecule has 0 amide bonds. The van der Waals surface area contributed by atoms with Crippen molar-refractivity contribution in [2.45, 2.75) is 58.0 Å². The van der Waals surface area contributed by atoms with Gasteiger partial charge in [-0.3, -0.25) is 9.10 Å². The number of aryl methyl sites for hydroxylation is 1. The number of carbonyl (C=O) groups is 1. The van der Waals surface area contributed by atoms with Crippen molar-refractivity contribution in [1.82, 2.24) is 4.98 Å². The van der Waals surface area contributed by atoms with Crippen molar-refractivity contribution >= 4 is 60.6 Å². The molecule has 0 saturated carbocycles. The van der Waals surface area contributed by atoms with Gasteiger partial charge in [-0.15, -0.1) is 0 Å². The van der Waals surface area contributed by atoms with Crippen molar-refractivity contribution in [1.29, 1.82) is 0 Å². The average molecular weight is 753 g/mol. The van der Waals surface area contributed by atoms with E-state index >= 15 is 0 Å². The summed E-state index contributed by atoms with van der Waals surface area (Å²) in [5, 5.41) is 0.482. The predicted molar refractivity (Wildman–Crippen MR) is 180 cm³/mol. The van der Waals surface area contributed by atoms with Crippen LogP contribution in [0.3, 0.4) is 0 Å². The lowest BCUT2D eigenvalue weighted by Gasteiger charge is -2.29. The van der Waals surface area contributed by atoms with E-state index in [1.165, 1.54) is 9.87 Å². The number of hydrogen-bond acceptors (Lipinski definition) is 5. The zero-order chi connectivity index (χ0) is 32.2. The Balaban J connectivity index is 1.47. The second-order valence-corrected chi connectivity index (χ2v) is 14.4. The molecule has 1 unspecified atom stereocenters. The van der Waals surface area contributed by atoms with E-state index in [-0.39, 0.29) is 49.0 Å². The Kier molecular flexibility index (Phi) is 10.7. The van der Waals surface area contributed by atoms with Crippen LogP contribution in [-0.4, -0.2) is 48.9 Å². The van der Waals surface area contributed by atoms with Crippen LogP contribution in [0.1, 0.15) is 65.7 Å². The van der Waals surface area contributed by atoms with Crippen LogP contribution >= 0.6 is 22.6 Å². The molecular formula is C34H36F3IN2O4S. The topological polar surface area (TPSA) is 76.6 Å². The number of rotatable bonds is 11. The summed E-state index contributed by atoms with van der Waals surface area (Å²) in [6, 6.07) is 14.9. The van der Waals surface area contributed by atoms with Crippen LogP contribution < -0.4 is 4.31 Å². The molecule has 0 N–H and O–H groups in total. The Morgan fingerprint density at radius 1 is 1.11 bits per heavy atom. The van der Waals surface area contributed by atoms with Gasteiger partial charge in [0.05, 0.1) is 28.2 Å². The summed E-state index contributed by atoms with van der Waals surface area (Å²) in [6.07, 6.45) is 1.41. The number of sulfonamides is 1. The van der Waals surface area contributed by atoms with E-state index in [1.807, 2.05) is 6.92 Å². The number of carbonyl (C=O) groups excluding carboxylic acids is 1. The number of fused-ring (bicyclic) bond motifs is 1. The normalized spacial score (nSPS) is 17.6. The largest absolute Gasteiger partial charge is 0.412 e. The highest BCUT2D eigenvalue weighted by molar-refractivity contribution is 14.1. The number of pyridine rings is 1. The van der Waals surface area contributed by atoms with E-state index < -0.39 is 21.8 Å². The van der Waals surface area contributed by atoms with Gasteiger partial charge in [0.15, 0.2) is 5.78 Å². The third-order valence-electron chi connectivity index (χ3n) is 8.35. The second-order valence-electron chi connectivity index (χ2n) is 11.7. The highest BCUT2D eigenvalue weighted by atomic mass is 127. The Labute approximate surface area is 275 Å². The summed E-state index contributed by atoms with van der Waals surface area (Å²) >= 11 is 2.15. The van der Waals surface area contributed by atoms with Crippen LogP contribution in [0, 0.1) is 12.8 Å². The molecule has 1 aliphatic carbocycles. The third-order valence-corrected chi connectivity index (χ3v) is 10.6. The summed E-state index contributed by atoms with van der Waals surface area (Å²) < 4.78 is 74.4. The number of ether oxygens (including phenoxy) is 1. The number of Topliss-reactive ketones (excluding diaryl/α,β-unsaturated/α-hetero) is 1. The van der Waals surface area contributed by atoms with Crippen LogP contribution in [0.5, 0.6) is 0 Å². The molecule has 5 rings (SSSR count). The van der Waals surface area contributed by atoms with E-state index in [9.17, 15) is 26.4 Å². The number of nitrogens with zero attached hydrogens (tertiary/aromatic N) is 2. The summed E-state index contributed by atoms with van der Waals surface area (Å²) in [4.78, 5) is 18.2. The Morgan fingerprint density at radius 2 is 1.89 bits per heavy atom. The lowest BCUT2D eigenvalue weighted by Crippen LogP contribution is -2.38. The van der Waals surface area contributed by atoms with E-state index in [4.69, 9.17) is 4.74 Å². The van der Waals surface area contributed by atoms with Gasteiger partial charge in [-0.2, -0.15) is 13.2 Å². The highest BCUT2D eigenvalue weighted by Gasteiger charge is 2.34. The molecule has 1 fully saturated rings. The molecule has 2 aromatic carbocycles. The molecule has 3 aromatic rings. The van der Waals surface area contributed by atoms with Gasteiger partial charge < -0.3 is 4.74 Å². The smallest absolute Gasteiger partial charge is 0.371 e. The Bertz CT molecular complexity index is 1720. The Morgan fingerprint density at radius 3 is 2.60 bits per heavy atom. The second kappa shape index (κ2) is 14.3. The zero-order valence-electron chi connectivity index (χ0n) is 25.1. The minimum atomic E-state index is -4.42. The van der Waals surface area contributed by atoms with E-state index in [0.717, 1.165) is 18.1 Å². The third kappa shape index (κ3) is 8.34. The molecule has 1 atom stereocenters. The lowest BCUT2D eigenvalue weighted by atomic mass is 9.92. The number of aromatic nitrogens is 1. The molecule has 240 valence electrons. The van der Waals surface area contributed by atoms with Crippen molar-refractivity contribution in [3.05, 3.63) is 88.6 Å². The molecule has 0 bridgehead atoms. The molecule has 45 heavy (non-hydrogen) atoms. The van der Waals surface area contributed by atoms with Gasteiger partial charge >= 0.3 is 6.18 Å². The van der Waals surface area contributed by atoms with Gasteiger partial charge in [0.2, 0.25) is 10.0 Å². The van der Waals surface area contributed by atoms with Gasteiger partial charge in [-0.25, -0.2) is 13.4 Å². The van der Waals surface area contributed by atoms with Gasteiger partial charge in [0, 0.05) is 23.9 Å². The number of hydrogen-bond donors (Lipinski definition) is 0. The Hall–Kier alpha value is -2.77. The molecule has 6 nitrogen and oxygen atoms in total. The molecule has 11 heteroatoms. The summed E-state index contributed by atoms with van der Waals surface area (Å²) in [6.45, 7) is 2.80.